The van der Waals surface area contributed by atoms with E-state index < -0.39 is 9.73 Å². The molecule has 2 N–H and O–H groups in total. The zero-order valence-electron chi connectivity index (χ0n) is 9.36. The minimum Gasteiger partial charge on any atom is -0.381 e. The van der Waals surface area contributed by atoms with Crippen LogP contribution in [0, 0.1) is 4.78 Å². The summed E-state index contributed by atoms with van der Waals surface area (Å²) >= 11 is 0. The second-order valence-electron chi connectivity index (χ2n) is 4.50. The number of hydrogen-bond donors (Lipinski definition) is 2. The van der Waals surface area contributed by atoms with Gasteiger partial charge in [-0.25, -0.2) is 4.21 Å². The van der Waals surface area contributed by atoms with Gasteiger partial charge in [0.1, 0.15) is 0 Å². The first kappa shape index (κ1) is 16.4. The molecule has 16 heavy (non-hydrogen) atoms. The SMILES string of the molecule is CS(=N)(=O)C1CNC2(CCOCC2)C1.Cl.Cl. The molecule has 2 unspecified atom stereocenters. The number of halogens is 2. The lowest BCUT2D eigenvalue weighted by Gasteiger charge is -2.33. The normalized spacial score (nSPS) is 31.2. The third-order valence-corrected chi connectivity index (χ3v) is 5.01. The summed E-state index contributed by atoms with van der Waals surface area (Å²) in [6.07, 6.45) is 4.44. The smallest absolute Gasteiger partial charge is 0.0567 e. The minimum absolute atomic E-state index is 0. The first-order valence-corrected chi connectivity index (χ1v) is 7.10. The van der Waals surface area contributed by atoms with Gasteiger partial charge in [0.2, 0.25) is 0 Å². The molecule has 2 aliphatic rings. The molecule has 2 saturated heterocycles. The van der Waals surface area contributed by atoms with Crippen molar-refractivity contribution >= 4 is 34.5 Å². The highest BCUT2D eigenvalue weighted by atomic mass is 35.5. The van der Waals surface area contributed by atoms with Crippen LogP contribution in [0.3, 0.4) is 0 Å². The Hall–Kier alpha value is 0.450. The lowest BCUT2D eigenvalue weighted by molar-refractivity contribution is 0.0459. The number of hydrogen-bond acceptors (Lipinski definition) is 4. The third kappa shape index (κ3) is 3.47. The van der Waals surface area contributed by atoms with E-state index in [-0.39, 0.29) is 35.6 Å². The number of nitrogens with one attached hydrogen (secondary N) is 2. The van der Waals surface area contributed by atoms with Crippen molar-refractivity contribution in [2.75, 3.05) is 26.0 Å². The molecule has 0 aromatic heterocycles. The van der Waals surface area contributed by atoms with Crippen molar-refractivity contribution in [3.8, 4) is 0 Å². The van der Waals surface area contributed by atoms with E-state index in [1.165, 1.54) is 0 Å². The first-order chi connectivity index (χ1) is 6.52. The predicted octanol–water partition coefficient (Wildman–Crippen LogP) is 1.42. The van der Waals surface area contributed by atoms with Crippen molar-refractivity contribution < 1.29 is 8.95 Å². The van der Waals surface area contributed by atoms with E-state index in [2.05, 4.69) is 5.32 Å². The summed E-state index contributed by atoms with van der Waals surface area (Å²) in [4.78, 5) is 0. The summed E-state index contributed by atoms with van der Waals surface area (Å²) in [6, 6.07) is 0. The summed E-state index contributed by atoms with van der Waals surface area (Å²) in [5, 5.41) is 3.48. The minimum atomic E-state index is -2.38. The maximum absolute atomic E-state index is 11.6. The van der Waals surface area contributed by atoms with E-state index in [0.29, 0.717) is 0 Å². The monoisotopic (exact) mass is 290 g/mol. The Labute approximate surface area is 110 Å². The van der Waals surface area contributed by atoms with E-state index in [1.807, 2.05) is 0 Å². The van der Waals surface area contributed by atoms with Crippen molar-refractivity contribution in [2.24, 2.45) is 0 Å². The van der Waals surface area contributed by atoms with Crippen LogP contribution in [0.4, 0.5) is 0 Å². The fourth-order valence-corrected chi connectivity index (χ4v) is 3.41. The van der Waals surface area contributed by atoms with Gasteiger partial charge < -0.3 is 10.1 Å². The van der Waals surface area contributed by atoms with Crippen LogP contribution < -0.4 is 5.32 Å². The Kier molecular flexibility index (Phi) is 6.03. The Morgan fingerprint density at radius 1 is 1.38 bits per heavy atom. The van der Waals surface area contributed by atoms with E-state index in [0.717, 1.165) is 39.0 Å². The molecule has 2 fully saturated rings. The number of rotatable bonds is 1. The van der Waals surface area contributed by atoms with Gasteiger partial charge in [0.25, 0.3) is 0 Å². The van der Waals surface area contributed by atoms with Crippen LogP contribution in [0.5, 0.6) is 0 Å². The van der Waals surface area contributed by atoms with Gasteiger partial charge in [0.15, 0.2) is 0 Å². The van der Waals surface area contributed by atoms with Crippen molar-refractivity contribution in [3.63, 3.8) is 0 Å². The van der Waals surface area contributed by atoms with Gasteiger partial charge in [-0.05, 0) is 19.3 Å². The average Bonchev–Trinajstić information content (AvgIpc) is 2.50. The van der Waals surface area contributed by atoms with Gasteiger partial charge in [0.05, 0.1) is 5.25 Å². The molecule has 98 valence electrons. The molecule has 7 heteroatoms. The molecule has 2 heterocycles. The highest BCUT2D eigenvalue weighted by molar-refractivity contribution is 7.92. The maximum Gasteiger partial charge on any atom is 0.0567 e. The summed E-state index contributed by atoms with van der Waals surface area (Å²) in [5.41, 5.74) is 0.128. The second kappa shape index (κ2) is 5.87. The van der Waals surface area contributed by atoms with Crippen LogP contribution in [0.2, 0.25) is 0 Å². The topological polar surface area (TPSA) is 62.2 Å². The predicted molar refractivity (Wildman–Crippen MR) is 70.5 cm³/mol. The molecular formula is C9H20Cl2N2O2S. The highest BCUT2D eigenvalue weighted by Crippen LogP contribution is 2.32. The summed E-state index contributed by atoms with van der Waals surface area (Å²) in [5.74, 6) is 0. The quantitative estimate of drug-likeness (QED) is 0.768. The summed E-state index contributed by atoms with van der Waals surface area (Å²) in [7, 11) is -2.38. The first-order valence-electron chi connectivity index (χ1n) is 5.07. The van der Waals surface area contributed by atoms with Gasteiger partial charge in [-0.1, -0.05) is 0 Å². The average molecular weight is 291 g/mol. The molecule has 4 nitrogen and oxygen atoms in total. The molecular weight excluding hydrogens is 271 g/mol. The lowest BCUT2D eigenvalue weighted by atomic mass is 9.89. The highest BCUT2D eigenvalue weighted by Gasteiger charge is 2.42. The van der Waals surface area contributed by atoms with E-state index in [1.54, 1.807) is 6.26 Å². The summed E-state index contributed by atoms with van der Waals surface area (Å²) in [6.45, 7) is 2.32. The van der Waals surface area contributed by atoms with Crippen LogP contribution in [-0.4, -0.2) is 41.0 Å². The van der Waals surface area contributed by atoms with Gasteiger partial charge in [-0.2, -0.15) is 0 Å². The zero-order chi connectivity index (χ0) is 10.2. The maximum atomic E-state index is 11.6. The third-order valence-electron chi connectivity index (χ3n) is 3.41. The molecule has 0 saturated carbocycles. The molecule has 0 aromatic carbocycles. The molecule has 0 amide bonds. The molecule has 2 aliphatic heterocycles. The molecule has 0 aromatic rings. The van der Waals surface area contributed by atoms with Gasteiger partial charge in [0, 0.05) is 41.3 Å². The Bertz CT molecular complexity index is 315. The Morgan fingerprint density at radius 2 is 1.94 bits per heavy atom. The van der Waals surface area contributed by atoms with Gasteiger partial charge in [-0.3, -0.25) is 4.78 Å². The largest absolute Gasteiger partial charge is 0.381 e. The van der Waals surface area contributed by atoms with Crippen LogP contribution >= 0.6 is 24.8 Å². The Balaban J connectivity index is 0.00000112. The molecule has 1 spiro atoms. The van der Waals surface area contributed by atoms with E-state index >= 15 is 0 Å². The second-order valence-corrected chi connectivity index (χ2v) is 6.98. The fourth-order valence-electron chi connectivity index (χ4n) is 2.37. The van der Waals surface area contributed by atoms with Crippen LogP contribution in [0.15, 0.2) is 0 Å². The van der Waals surface area contributed by atoms with Gasteiger partial charge >= 0.3 is 0 Å². The van der Waals surface area contributed by atoms with E-state index in [9.17, 15) is 4.21 Å². The zero-order valence-corrected chi connectivity index (χ0v) is 11.8. The molecule has 0 aliphatic carbocycles. The van der Waals surface area contributed by atoms with Crippen molar-refractivity contribution in [3.05, 3.63) is 0 Å². The van der Waals surface area contributed by atoms with Gasteiger partial charge in [-0.15, -0.1) is 24.8 Å². The lowest BCUT2D eigenvalue weighted by Crippen LogP contribution is -2.44. The molecule has 0 bridgehead atoms. The summed E-state index contributed by atoms with van der Waals surface area (Å²) < 4.78 is 24.5. The Morgan fingerprint density at radius 3 is 2.38 bits per heavy atom. The van der Waals surface area contributed by atoms with Crippen molar-refractivity contribution in [1.29, 1.82) is 4.78 Å². The van der Waals surface area contributed by atoms with Crippen LogP contribution in [0.1, 0.15) is 19.3 Å². The standard InChI is InChI=1S/C9H18N2O2S.2ClH/c1-14(10,12)8-6-9(11-7-8)2-4-13-5-3-9;;/h8,10-11H,2-7H2,1H3;2*1H. The van der Waals surface area contributed by atoms with Crippen LogP contribution in [0.25, 0.3) is 0 Å². The van der Waals surface area contributed by atoms with Crippen molar-refractivity contribution in [1.82, 2.24) is 5.32 Å². The van der Waals surface area contributed by atoms with Crippen molar-refractivity contribution in [2.45, 2.75) is 30.1 Å². The number of ether oxygens (including phenoxy) is 1. The fraction of sp³-hybridized carbons (Fsp3) is 1.00. The molecule has 0 radical (unpaired) electrons. The molecule has 2 atom stereocenters. The van der Waals surface area contributed by atoms with E-state index in [4.69, 9.17) is 9.52 Å². The van der Waals surface area contributed by atoms with Crippen LogP contribution in [-0.2, 0) is 14.5 Å². The molecule has 2 rings (SSSR count).